The molecule has 1 aliphatic carbocycles. The molecule has 1 unspecified atom stereocenters. The zero-order chi connectivity index (χ0) is 23.9. The van der Waals surface area contributed by atoms with Gasteiger partial charge in [0.2, 0.25) is 11.6 Å². The molecule has 0 bridgehead atoms. The number of rotatable bonds is 8. The quantitative estimate of drug-likeness (QED) is 0.471. The molecule has 0 amide bonds. The topological polar surface area (TPSA) is 66.4 Å². The second-order valence-electron chi connectivity index (χ2n) is 10.0. The Morgan fingerprint density at radius 2 is 1.60 bits per heavy atom. The van der Waals surface area contributed by atoms with E-state index in [1.54, 1.807) is 4.90 Å². The first-order valence-corrected chi connectivity index (χ1v) is 13.2. The van der Waals surface area contributed by atoms with E-state index in [0.29, 0.717) is 6.04 Å². The summed E-state index contributed by atoms with van der Waals surface area (Å²) in [4.78, 5) is 5.19. The van der Waals surface area contributed by atoms with Gasteiger partial charge in [-0.2, -0.15) is 5.26 Å². The average Bonchev–Trinajstić information content (AvgIpc) is 2.91. The largest absolute Gasteiger partial charge is 0.327 e. The Labute approximate surface area is 209 Å². The van der Waals surface area contributed by atoms with Crippen LogP contribution in [0.4, 0.5) is 11.6 Å². The Morgan fingerprint density at radius 3 is 2.31 bits per heavy atom. The number of quaternary nitrogens is 1. The fraction of sp³-hybridized carbons (Fsp3) is 0.400. The van der Waals surface area contributed by atoms with E-state index in [-0.39, 0.29) is 0 Å². The van der Waals surface area contributed by atoms with Crippen molar-refractivity contribution < 1.29 is 9.88 Å². The number of H-pyrrole nitrogens is 1. The number of aromatic nitrogens is 1. The molecule has 2 aromatic carbocycles. The van der Waals surface area contributed by atoms with Crippen molar-refractivity contribution in [2.75, 3.05) is 23.7 Å². The van der Waals surface area contributed by atoms with Crippen molar-refractivity contribution in [3.63, 3.8) is 0 Å². The fourth-order valence-electron chi connectivity index (χ4n) is 5.67. The summed E-state index contributed by atoms with van der Waals surface area (Å²) in [5.74, 6) is 1.99. The Hall–Kier alpha value is -3.36. The van der Waals surface area contributed by atoms with E-state index in [2.05, 4.69) is 82.4 Å². The van der Waals surface area contributed by atoms with Gasteiger partial charge < -0.3 is 15.5 Å². The number of fused-ring (bicyclic) bond motifs is 1. The summed E-state index contributed by atoms with van der Waals surface area (Å²) in [6.45, 7) is 3.84. The number of anilines is 2. The number of benzene rings is 2. The van der Waals surface area contributed by atoms with Crippen molar-refractivity contribution in [2.24, 2.45) is 0 Å². The summed E-state index contributed by atoms with van der Waals surface area (Å²) in [6.07, 6.45) is 8.12. The van der Waals surface area contributed by atoms with Crippen molar-refractivity contribution in [1.82, 2.24) is 0 Å². The highest BCUT2D eigenvalue weighted by atomic mass is 15.1. The molecule has 0 radical (unpaired) electrons. The minimum Gasteiger partial charge on any atom is -0.327 e. The van der Waals surface area contributed by atoms with Gasteiger partial charge in [-0.3, -0.25) is 0 Å². The monoisotopic (exact) mass is 467 g/mol. The number of nitriles is 1. The van der Waals surface area contributed by atoms with Gasteiger partial charge in [-0.05, 0) is 24.0 Å². The summed E-state index contributed by atoms with van der Waals surface area (Å²) in [6, 6.07) is 24.4. The Balaban J connectivity index is 1.41. The lowest BCUT2D eigenvalue weighted by Gasteiger charge is -2.28. The van der Waals surface area contributed by atoms with Crippen LogP contribution in [0.15, 0.2) is 60.7 Å². The van der Waals surface area contributed by atoms with Crippen LogP contribution in [0.25, 0.3) is 0 Å². The molecule has 1 atom stereocenters. The van der Waals surface area contributed by atoms with Crippen LogP contribution in [-0.2, 0) is 25.9 Å². The van der Waals surface area contributed by atoms with E-state index in [4.69, 9.17) is 0 Å². The summed E-state index contributed by atoms with van der Waals surface area (Å²) in [5.41, 5.74) is 6.02. The van der Waals surface area contributed by atoms with E-state index in [9.17, 15) is 5.26 Å². The molecule has 1 aliphatic heterocycles. The van der Waals surface area contributed by atoms with Gasteiger partial charge in [0.1, 0.15) is 24.7 Å². The third-order valence-corrected chi connectivity index (χ3v) is 7.54. The lowest BCUT2D eigenvalue weighted by Crippen LogP contribution is -3.10. The van der Waals surface area contributed by atoms with Gasteiger partial charge in [0, 0.05) is 18.4 Å². The first-order chi connectivity index (χ1) is 17.3. The predicted octanol–water partition coefficient (Wildman–Crippen LogP) is 3.91. The highest BCUT2D eigenvalue weighted by Gasteiger charge is 2.31. The number of hydrogen-bond donors (Lipinski definition) is 3. The Kier molecular flexibility index (Phi) is 7.60. The molecule has 5 nitrogen and oxygen atoms in total. The first kappa shape index (κ1) is 23.4. The fourth-order valence-corrected chi connectivity index (χ4v) is 5.67. The Bertz CT molecular complexity index is 1150. The minimum atomic E-state index is 0.450. The molecule has 5 rings (SSSR count). The maximum absolute atomic E-state index is 10.2. The molecule has 1 aromatic heterocycles. The van der Waals surface area contributed by atoms with Crippen molar-refractivity contribution in [3.8, 4) is 6.07 Å². The minimum absolute atomic E-state index is 0.450. The van der Waals surface area contributed by atoms with E-state index >= 15 is 0 Å². The second-order valence-corrected chi connectivity index (χ2v) is 10.0. The zero-order valence-corrected chi connectivity index (χ0v) is 20.6. The lowest BCUT2D eigenvalue weighted by molar-refractivity contribution is -0.929. The van der Waals surface area contributed by atoms with Crippen molar-refractivity contribution in [1.29, 1.82) is 5.26 Å². The number of nitrogens with zero attached hydrogens (tertiary/aromatic N) is 1. The van der Waals surface area contributed by atoms with Gasteiger partial charge in [-0.25, -0.2) is 4.98 Å². The van der Waals surface area contributed by atoms with Crippen LogP contribution in [0.5, 0.6) is 0 Å². The van der Waals surface area contributed by atoms with Gasteiger partial charge in [-0.1, -0.05) is 79.9 Å². The van der Waals surface area contributed by atoms with E-state index in [0.717, 1.165) is 56.2 Å². The zero-order valence-electron chi connectivity index (χ0n) is 20.6. The number of nitrogens with one attached hydrogen (secondary N) is 4. The molecule has 0 spiro atoms. The molecule has 2 aliphatic rings. The molecule has 5 heteroatoms. The van der Waals surface area contributed by atoms with Crippen LogP contribution >= 0.6 is 0 Å². The summed E-state index contributed by atoms with van der Waals surface area (Å²) in [7, 11) is 0. The normalized spacial score (nSPS) is 17.9. The van der Waals surface area contributed by atoms with Crippen molar-refractivity contribution in [3.05, 3.63) is 88.5 Å². The molecule has 3 aromatic rings. The highest BCUT2D eigenvalue weighted by molar-refractivity contribution is 5.61. The van der Waals surface area contributed by atoms with Crippen LogP contribution < -0.4 is 20.5 Å². The van der Waals surface area contributed by atoms with Gasteiger partial charge in [-0.15, -0.1) is 0 Å². The molecular formula is C30H37N5+2. The summed E-state index contributed by atoms with van der Waals surface area (Å²) < 4.78 is 0. The molecular weight excluding hydrogens is 430 g/mol. The smallest absolute Gasteiger partial charge is 0.237 e. The van der Waals surface area contributed by atoms with Crippen LogP contribution in [0, 0.1) is 11.3 Å². The third kappa shape index (κ3) is 5.83. The van der Waals surface area contributed by atoms with Gasteiger partial charge in [0.25, 0.3) is 0 Å². The lowest BCUT2D eigenvalue weighted by atomic mass is 9.93. The average molecular weight is 468 g/mol. The van der Waals surface area contributed by atoms with Crippen LogP contribution in [0.1, 0.15) is 59.9 Å². The predicted molar refractivity (Wildman–Crippen MR) is 140 cm³/mol. The summed E-state index contributed by atoms with van der Waals surface area (Å²) >= 11 is 0. The van der Waals surface area contributed by atoms with Gasteiger partial charge >= 0.3 is 0 Å². The number of hydrogen-bond acceptors (Lipinski definition) is 3. The standard InChI is InChI=1S/C30H35N5/c31-20-27-26-17-19-35(21-24-12-6-2-7-13-24)22-28(26)29(32-18-16-23-10-4-1-5-11-23)34-30(27)33-25-14-8-3-9-15-25/h1-2,4-7,10-13,25H,3,8-9,14-19,21-22H2,(H2,32,33,34)/p+2. The first-order valence-electron chi connectivity index (χ1n) is 13.2. The molecule has 2 heterocycles. The molecule has 35 heavy (non-hydrogen) atoms. The summed E-state index contributed by atoms with van der Waals surface area (Å²) in [5, 5.41) is 17.6. The second kappa shape index (κ2) is 11.4. The Morgan fingerprint density at radius 1 is 0.886 bits per heavy atom. The maximum atomic E-state index is 10.2. The number of pyridine rings is 1. The highest BCUT2D eigenvalue weighted by Crippen LogP contribution is 2.28. The van der Waals surface area contributed by atoms with E-state index < -0.39 is 0 Å². The van der Waals surface area contributed by atoms with Crippen LogP contribution in [0.3, 0.4) is 0 Å². The van der Waals surface area contributed by atoms with Crippen molar-refractivity contribution >= 4 is 11.6 Å². The van der Waals surface area contributed by atoms with E-state index in [1.165, 1.54) is 54.4 Å². The molecule has 0 saturated heterocycles. The molecule has 180 valence electrons. The number of aromatic amines is 1. The molecule has 1 fully saturated rings. The molecule has 4 N–H and O–H groups in total. The van der Waals surface area contributed by atoms with Crippen molar-refractivity contribution in [2.45, 2.75) is 64.1 Å². The maximum Gasteiger partial charge on any atom is 0.237 e. The van der Waals surface area contributed by atoms with Crippen LogP contribution in [0.2, 0.25) is 0 Å². The van der Waals surface area contributed by atoms with E-state index in [1.807, 2.05) is 0 Å². The van der Waals surface area contributed by atoms with Gasteiger partial charge in [0.15, 0.2) is 0 Å². The van der Waals surface area contributed by atoms with Gasteiger partial charge in [0.05, 0.1) is 24.7 Å². The third-order valence-electron chi connectivity index (χ3n) is 7.54. The molecule has 1 saturated carbocycles. The van der Waals surface area contributed by atoms with Crippen LogP contribution in [-0.4, -0.2) is 19.1 Å². The SMILES string of the molecule is N#Cc1c(NC2CCCCC2)[nH+]c(NCCc2ccccc2)c2c1CC[NH+](Cc1ccccc1)C2.